The van der Waals surface area contributed by atoms with Gasteiger partial charge in [0.1, 0.15) is 5.75 Å². The molecule has 0 amide bonds. The number of ether oxygens (including phenoxy) is 1. The van der Waals surface area contributed by atoms with Crippen LogP contribution in [0.4, 0.5) is 11.4 Å². The van der Waals surface area contributed by atoms with Crippen molar-refractivity contribution in [3.05, 3.63) is 54.6 Å². The van der Waals surface area contributed by atoms with E-state index in [2.05, 4.69) is 57.4 Å². The summed E-state index contributed by atoms with van der Waals surface area (Å²) in [5.41, 5.74) is 8.19. The first-order valence-electron chi connectivity index (χ1n) is 9.41. The summed E-state index contributed by atoms with van der Waals surface area (Å²) in [6.45, 7) is 7.01. The van der Waals surface area contributed by atoms with Gasteiger partial charge in [-0.25, -0.2) is 0 Å². The highest BCUT2D eigenvalue weighted by Gasteiger charge is 2.21. The first kappa shape index (κ1) is 19.0. The average Bonchev–Trinajstić information content (AvgIpc) is 2.73. The van der Waals surface area contributed by atoms with Crippen LogP contribution in [0.25, 0.3) is 0 Å². The molecule has 144 valence electrons. The molecular formula is C21H29N5O. The first-order chi connectivity index (χ1) is 13.2. The zero-order valence-electron chi connectivity index (χ0n) is 16.1. The van der Waals surface area contributed by atoms with Crippen LogP contribution in [0.3, 0.4) is 0 Å². The Balaban J connectivity index is 1.49. The van der Waals surface area contributed by atoms with Crippen molar-refractivity contribution in [1.82, 2.24) is 4.90 Å². The Labute approximate surface area is 161 Å². The molecule has 0 aliphatic carbocycles. The second-order valence-electron chi connectivity index (χ2n) is 6.76. The van der Waals surface area contributed by atoms with Crippen molar-refractivity contribution in [3.63, 3.8) is 0 Å². The van der Waals surface area contributed by atoms with E-state index >= 15 is 0 Å². The van der Waals surface area contributed by atoms with Gasteiger partial charge in [-0.05, 0) is 31.2 Å². The van der Waals surface area contributed by atoms with Crippen LogP contribution in [-0.4, -0.2) is 56.7 Å². The van der Waals surface area contributed by atoms with Gasteiger partial charge in [-0.1, -0.05) is 30.3 Å². The smallest absolute Gasteiger partial charge is 0.193 e. The summed E-state index contributed by atoms with van der Waals surface area (Å²) in [4.78, 5) is 9.43. The SMILES string of the molecule is COc1ccccc1NC(N)=NCC(C)N1CCN(c2ccccc2)CC1. The Bertz CT molecular complexity index is 741. The molecule has 1 aliphatic heterocycles. The zero-order valence-corrected chi connectivity index (χ0v) is 16.1. The van der Waals surface area contributed by atoms with Crippen LogP contribution < -0.4 is 20.7 Å². The third-order valence-electron chi connectivity index (χ3n) is 4.95. The Kier molecular flexibility index (Phi) is 6.54. The molecule has 1 unspecified atom stereocenters. The molecule has 1 aliphatic rings. The van der Waals surface area contributed by atoms with Crippen LogP contribution in [0.15, 0.2) is 59.6 Å². The summed E-state index contributed by atoms with van der Waals surface area (Å²) in [5, 5.41) is 3.12. The van der Waals surface area contributed by atoms with Crippen LogP contribution in [-0.2, 0) is 0 Å². The number of hydrogen-bond acceptors (Lipinski definition) is 4. The first-order valence-corrected chi connectivity index (χ1v) is 9.41. The standard InChI is InChI=1S/C21H29N5O/c1-17(16-23-21(22)24-19-10-6-7-11-20(19)27-2)25-12-14-26(15-13-25)18-8-4-3-5-9-18/h3-11,17H,12-16H2,1-2H3,(H3,22,23,24). The molecule has 1 atom stereocenters. The van der Waals surface area contributed by atoms with Gasteiger partial charge in [0, 0.05) is 37.9 Å². The normalized spacial score (nSPS) is 16.8. The zero-order chi connectivity index (χ0) is 19.1. The fourth-order valence-corrected chi connectivity index (χ4v) is 3.33. The maximum Gasteiger partial charge on any atom is 0.193 e. The molecule has 3 N–H and O–H groups in total. The van der Waals surface area contributed by atoms with Crippen LogP contribution >= 0.6 is 0 Å². The predicted molar refractivity (Wildman–Crippen MR) is 113 cm³/mol. The number of piperazine rings is 1. The summed E-state index contributed by atoms with van der Waals surface area (Å²) in [5.74, 6) is 1.16. The highest BCUT2D eigenvalue weighted by molar-refractivity contribution is 5.93. The molecule has 6 nitrogen and oxygen atoms in total. The largest absolute Gasteiger partial charge is 0.495 e. The molecule has 0 spiro atoms. The highest BCUT2D eigenvalue weighted by Crippen LogP contribution is 2.22. The van der Waals surface area contributed by atoms with Gasteiger partial charge in [0.2, 0.25) is 0 Å². The quantitative estimate of drug-likeness (QED) is 0.607. The molecule has 0 bridgehead atoms. The van der Waals surface area contributed by atoms with E-state index in [-0.39, 0.29) is 0 Å². The molecule has 3 rings (SSSR count). The second kappa shape index (κ2) is 9.28. The summed E-state index contributed by atoms with van der Waals surface area (Å²) in [6, 6.07) is 18.6. The van der Waals surface area contributed by atoms with E-state index in [0.717, 1.165) is 37.6 Å². The molecule has 2 aromatic carbocycles. The molecular weight excluding hydrogens is 338 g/mol. The van der Waals surface area contributed by atoms with E-state index in [1.165, 1.54) is 5.69 Å². The highest BCUT2D eigenvalue weighted by atomic mass is 16.5. The number of methoxy groups -OCH3 is 1. The Morgan fingerprint density at radius 3 is 2.44 bits per heavy atom. The number of nitrogens with two attached hydrogens (primary N) is 1. The molecule has 1 fully saturated rings. The number of nitrogens with one attached hydrogen (secondary N) is 1. The third kappa shape index (κ3) is 5.14. The van der Waals surface area contributed by atoms with Crippen molar-refractivity contribution in [2.45, 2.75) is 13.0 Å². The number of nitrogens with zero attached hydrogens (tertiary/aromatic N) is 3. The van der Waals surface area contributed by atoms with Gasteiger partial charge in [-0.2, -0.15) is 0 Å². The second-order valence-corrected chi connectivity index (χ2v) is 6.76. The van der Waals surface area contributed by atoms with Gasteiger partial charge < -0.3 is 20.7 Å². The fraction of sp³-hybridized carbons (Fsp3) is 0.381. The lowest BCUT2D eigenvalue weighted by Crippen LogP contribution is -2.50. The maximum absolute atomic E-state index is 6.06. The lowest BCUT2D eigenvalue weighted by molar-refractivity contribution is 0.201. The number of aliphatic imine (C=N–C) groups is 1. The number of rotatable bonds is 6. The molecule has 27 heavy (non-hydrogen) atoms. The Hall–Kier alpha value is -2.73. The van der Waals surface area contributed by atoms with Crippen molar-refractivity contribution in [1.29, 1.82) is 0 Å². The minimum Gasteiger partial charge on any atom is -0.495 e. The van der Waals surface area contributed by atoms with Gasteiger partial charge in [0.05, 0.1) is 19.3 Å². The number of benzene rings is 2. The lowest BCUT2D eigenvalue weighted by Gasteiger charge is -2.38. The van der Waals surface area contributed by atoms with Crippen molar-refractivity contribution < 1.29 is 4.74 Å². The van der Waals surface area contributed by atoms with E-state index in [9.17, 15) is 0 Å². The molecule has 0 aromatic heterocycles. The van der Waals surface area contributed by atoms with Crippen LogP contribution in [0, 0.1) is 0 Å². The third-order valence-corrected chi connectivity index (χ3v) is 4.95. The van der Waals surface area contributed by atoms with Crippen molar-refractivity contribution in [2.24, 2.45) is 10.7 Å². The Morgan fingerprint density at radius 1 is 1.07 bits per heavy atom. The van der Waals surface area contributed by atoms with Crippen molar-refractivity contribution in [3.8, 4) is 5.75 Å². The van der Waals surface area contributed by atoms with E-state index < -0.39 is 0 Å². The monoisotopic (exact) mass is 367 g/mol. The van der Waals surface area contributed by atoms with Crippen LogP contribution in [0.2, 0.25) is 0 Å². The summed E-state index contributed by atoms with van der Waals surface area (Å²) in [7, 11) is 1.64. The van der Waals surface area contributed by atoms with Crippen molar-refractivity contribution >= 4 is 17.3 Å². The molecule has 0 saturated carbocycles. The van der Waals surface area contributed by atoms with Crippen LogP contribution in [0.1, 0.15) is 6.92 Å². The molecule has 6 heteroatoms. The van der Waals surface area contributed by atoms with E-state index in [1.807, 2.05) is 24.3 Å². The minimum absolute atomic E-state index is 0.348. The van der Waals surface area contributed by atoms with Gasteiger partial charge in [0.15, 0.2) is 5.96 Å². The Morgan fingerprint density at radius 2 is 1.74 bits per heavy atom. The molecule has 1 saturated heterocycles. The topological polar surface area (TPSA) is 66.1 Å². The summed E-state index contributed by atoms with van der Waals surface area (Å²) in [6.07, 6.45) is 0. The van der Waals surface area contributed by atoms with Gasteiger partial charge in [-0.3, -0.25) is 9.89 Å². The number of guanidine groups is 1. The molecule has 1 heterocycles. The van der Waals surface area contributed by atoms with E-state index in [4.69, 9.17) is 10.5 Å². The van der Waals surface area contributed by atoms with Gasteiger partial charge >= 0.3 is 0 Å². The molecule has 2 aromatic rings. The predicted octanol–water partition coefficient (Wildman–Crippen LogP) is 2.63. The van der Waals surface area contributed by atoms with Crippen LogP contribution in [0.5, 0.6) is 5.75 Å². The summed E-state index contributed by atoms with van der Waals surface area (Å²) >= 11 is 0. The number of anilines is 2. The number of hydrogen-bond donors (Lipinski definition) is 2. The fourth-order valence-electron chi connectivity index (χ4n) is 3.33. The average molecular weight is 367 g/mol. The minimum atomic E-state index is 0.348. The number of para-hydroxylation sites is 3. The van der Waals surface area contributed by atoms with E-state index in [1.54, 1.807) is 7.11 Å². The van der Waals surface area contributed by atoms with Gasteiger partial charge in [0.25, 0.3) is 0 Å². The van der Waals surface area contributed by atoms with Crippen molar-refractivity contribution in [2.75, 3.05) is 50.1 Å². The van der Waals surface area contributed by atoms with Gasteiger partial charge in [-0.15, -0.1) is 0 Å². The molecule has 0 radical (unpaired) electrons. The summed E-state index contributed by atoms with van der Waals surface area (Å²) < 4.78 is 5.33. The van der Waals surface area contributed by atoms with E-state index in [0.29, 0.717) is 18.5 Å². The lowest BCUT2D eigenvalue weighted by atomic mass is 10.2. The maximum atomic E-state index is 6.06.